The van der Waals surface area contributed by atoms with Crippen LogP contribution in [0.3, 0.4) is 0 Å². The number of halogens is 1. The van der Waals surface area contributed by atoms with E-state index in [9.17, 15) is 9.18 Å². The Morgan fingerprint density at radius 2 is 1.71 bits per heavy atom. The van der Waals surface area contributed by atoms with Crippen LogP contribution in [-0.2, 0) is 11.2 Å². The van der Waals surface area contributed by atoms with Crippen molar-refractivity contribution < 1.29 is 13.9 Å². The summed E-state index contributed by atoms with van der Waals surface area (Å²) < 4.78 is 20.3. The van der Waals surface area contributed by atoms with Gasteiger partial charge in [0.1, 0.15) is 11.6 Å². The van der Waals surface area contributed by atoms with E-state index >= 15 is 0 Å². The summed E-state index contributed by atoms with van der Waals surface area (Å²) in [4.78, 5) is 17.4. The van der Waals surface area contributed by atoms with E-state index in [1.54, 1.807) is 48.0 Å². The number of nitrogens with zero attached hydrogens (tertiary/aromatic N) is 3. The average molecular weight is 418 g/mol. The Bertz CT molecular complexity index is 1260. The Morgan fingerprint density at radius 1 is 1.03 bits per heavy atom. The van der Waals surface area contributed by atoms with E-state index in [0.29, 0.717) is 11.3 Å². The molecule has 4 rings (SSSR count). The number of aromatic nitrogens is 3. The second-order valence-corrected chi connectivity index (χ2v) is 7.42. The molecule has 0 aliphatic heterocycles. The Hall–Kier alpha value is -3.74. The molecule has 0 radical (unpaired) electrons. The highest BCUT2D eigenvalue weighted by molar-refractivity contribution is 5.92. The minimum absolute atomic E-state index is 0.139. The zero-order valence-electron chi connectivity index (χ0n) is 17.9. The van der Waals surface area contributed by atoms with Crippen molar-refractivity contribution in [3.05, 3.63) is 77.0 Å². The molecule has 2 aromatic heterocycles. The molecular formula is C24H23FN4O2. The predicted octanol–water partition coefficient (Wildman–Crippen LogP) is 4.65. The fraction of sp³-hybridized carbons (Fsp3) is 0.208. The first-order chi connectivity index (χ1) is 14.9. The Labute approximate surface area is 179 Å². The third-order valence-corrected chi connectivity index (χ3v) is 5.34. The van der Waals surface area contributed by atoms with Crippen LogP contribution in [0.25, 0.3) is 16.8 Å². The second-order valence-electron chi connectivity index (χ2n) is 7.42. The van der Waals surface area contributed by atoms with Crippen molar-refractivity contribution in [3.8, 4) is 16.9 Å². The van der Waals surface area contributed by atoms with Gasteiger partial charge < -0.3 is 10.1 Å². The van der Waals surface area contributed by atoms with Gasteiger partial charge in [-0.05, 0) is 62.7 Å². The van der Waals surface area contributed by atoms with E-state index in [0.717, 1.165) is 39.5 Å². The quantitative estimate of drug-likeness (QED) is 0.512. The first-order valence-corrected chi connectivity index (χ1v) is 9.92. The maximum Gasteiger partial charge on any atom is 0.228 e. The van der Waals surface area contributed by atoms with Gasteiger partial charge in [-0.15, -0.1) is 0 Å². The van der Waals surface area contributed by atoms with Gasteiger partial charge >= 0.3 is 0 Å². The van der Waals surface area contributed by atoms with Crippen molar-refractivity contribution in [3.63, 3.8) is 0 Å². The minimum atomic E-state index is -0.289. The first kappa shape index (κ1) is 20.5. The molecule has 2 aromatic carbocycles. The minimum Gasteiger partial charge on any atom is -0.497 e. The highest BCUT2D eigenvalue weighted by Crippen LogP contribution is 2.29. The zero-order chi connectivity index (χ0) is 22.1. The predicted molar refractivity (Wildman–Crippen MR) is 118 cm³/mol. The van der Waals surface area contributed by atoms with Gasteiger partial charge in [0.25, 0.3) is 0 Å². The maximum atomic E-state index is 13.4. The topological polar surface area (TPSA) is 68.5 Å². The van der Waals surface area contributed by atoms with Crippen LogP contribution >= 0.6 is 0 Å². The molecule has 1 amide bonds. The number of aryl methyl sites for hydroxylation is 3. The van der Waals surface area contributed by atoms with Gasteiger partial charge in [0.2, 0.25) is 5.91 Å². The lowest BCUT2D eigenvalue weighted by Gasteiger charge is -2.12. The molecule has 0 bridgehead atoms. The summed E-state index contributed by atoms with van der Waals surface area (Å²) in [5.41, 5.74) is 6.34. The molecule has 0 atom stereocenters. The molecular weight excluding hydrogens is 395 g/mol. The second kappa shape index (κ2) is 8.18. The number of carbonyl (C=O) groups excluding carboxylic acids is 1. The van der Waals surface area contributed by atoms with Gasteiger partial charge in [-0.25, -0.2) is 13.9 Å². The molecule has 0 unspecified atom stereocenters. The van der Waals surface area contributed by atoms with Gasteiger partial charge in [-0.1, -0.05) is 12.1 Å². The van der Waals surface area contributed by atoms with Gasteiger partial charge in [0.15, 0.2) is 5.65 Å². The van der Waals surface area contributed by atoms with Crippen molar-refractivity contribution >= 4 is 17.2 Å². The summed E-state index contributed by atoms with van der Waals surface area (Å²) in [7, 11) is 1.60. The monoisotopic (exact) mass is 418 g/mol. The Morgan fingerprint density at radius 3 is 2.35 bits per heavy atom. The molecule has 0 saturated carbocycles. The van der Waals surface area contributed by atoms with E-state index in [2.05, 4.69) is 10.4 Å². The van der Waals surface area contributed by atoms with E-state index in [4.69, 9.17) is 9.72 Å². The van der Waals surface area contributed by atoms with E-state index in [1.807, 2.05) is 20.8 Å². The largest absolute Gasteiger partial charge is 0.497 e. The van der Waals surface area contributed by atoms with Gasteiger partial charge in [0, 0.05) is 28.2 Å². The van der Waals surface area contributed by atoms with E-state index < -0.39 is 0 Å². The van der Waals surface area contributed by atoms with Crippen LogP contribution in [0.15, 0.2) is 48.5 Å². The molecule has 0 fully saturated rings. The van der Waals surface area contributed by atoms with Crippen LogP contribution < -0.4 is 10.1 Å². The maximum absolute atomic E-state index is 13.4. The molecule has 31 heavy (non-hydrogen) atoms. The number of anilines is 1. The highest BCUT2D eigenvalue weighted by Gasteiger charge is 2.19. The smallest absolute Gasteiger partial charge is 0.228 e. The first-order valence-electron chi connectivity index (χ1n) is 9.92. The van der Waals surface area contributed by atoms with E-state index in [1.165, 1.54) is 12.1 Å². The summed E-state index contributed by atoms with van der Waals surface area (Å²) in [6.07, 6.45) is 0.178. The molecule has 6 nitrogen and oxygen atoms in total. The van der Waals surface area contributed by atoms with Gasteiger partial charge in [0.05, 0.1) is 19.2 Å². The van der Waals surface area contributed by atoms with Gasteiger partial charge in [-0.3, -0.25) is 4.79 Å². The van der Waals surface area contributed by atoms with Crippen molar-refractivity contribution in [2.45, 2.75) is 27.2 Å². The number of hydrogen-bond donors (Lipinski definition) is 1. The van der Waals surface area contributed by atoms with Crippen LogP contribution in [-0.4, -0.2) is 27.6 Å². The summed E-state index contributed by atoms with van der Waals surface area (Å²) in [6.45, 7) is 5.72. The van der Waals surface area contributed by atoms with Crippen LogP contribution in [0.2, 0.25) is 0 Å². The number of rotatable bonds is 5. The molecule has 7 heteroatoms. The standard InChI is InChI=1S/C24H23FN4O2/c1-14-21(13-22(30)27-19-9-11-20(31-4)12-10-19)16(3)29-24(26-14)23(15(2)28-29)17-5-7-18(25)8-6-17/h5-12H,13H2,1-4H3,(H,27,30). The number of nitrogens with one attached hydrogen (secondary N) is 1. The third-order valence-electron chi connectivity index (χ3n) is 5.34. The summed E-state index contributed by atoms with van der Waals surface area (Å²) in [6, 6.07) is 13.5. The lowest BCUT2D eigenvalue weighted by atomic mass is 10.0. The number of amides is 1. The lowest BCUT2D eigenvalue weighted by Crippen LogP contribution is -2.17. The molecule has 0 aliphatic carbocycles. The fourth-order valence-corrected chi connectivity index (χ4v) is 3.72. The Balaban J connectivity index is 1.66. The van der Waals surface area contributed by atoms with E-state index in [-0.39, 0.29) is 18.1 Å². The molecule has 1 N–H and O–H groups in total. The van der Waals surface area contributed by atoms with Gasteiger partial charge in [-0.2, -0.15) is 5.10 Å². The molecule has 2 heterocycles. The molecule has 0 saturated heterocycles. The normalized spacial score (nSPS) is 11.0. The summed E-state index contributed by atoms with van der Waals surface area (Å²) in [5.74, 6) is 0.300. The highest BCUT2D eigenvalue weighted by atomic mass is 19.1. The number of ether oxygens (including phenoxy) is 1. The number of carbonyl (C=O) groups is 1. The summed E-state index contributed by atoms with van der Waals surface area (Å²) in [5, 5.41) is 7.54. The number of benzene rings is 2. The van der Waals surface area contributed by atoms with Crippen LogP contribution in [0, 0.1) is 26.6 Å². The van der Waals surface area contributed by atoms with Crippen molar-refractivity contribution in [2.75, 3.05) is 12.4 Å². The average Bonchev–Trinajstić information content (AvgIpc) is 3.08. The van der Waals surface area contributed by atoms with Crippen molar-refractivity contribution in [1.29, 1.82) is 0 Å². The van der Waals surface area contributed by atoms with Crippen LogP contribution in [0.4, 0.5) is 10.1 Å². The summed E-state index contributed by atoms with van der Waals surface area (Å²) >= 11 is 0. The van der Waals surface area contributed by atoms with Crippen LogP contribution in [0.1, 0.15) is 22.6 Å². The lowest BCUT2D eigenvalue weighted by molar-refractivity contribution is -0.115. The number of fused-ring (bicyclic) bond motifs is 1. The SMILES string of the molecule is COc1ccc(NC(=O)Cc2c(C)nc3c(-c4ccc(F)cc4)c(C)nn3c2C)cc1. The van der Waals surface area contributed by atoms with Crippen molar-refractivity contribution in [1.82, 2.24) is 14.6 Å². The van der Waals surface area contributed by atoms with Crippen molar-refractivity contribution in [2.24, 2.45) is 0 Å². The number of methoxy groups -OCH3 is 1. The van der Waals surface area contributed by atoms with Crippen LogP contribution in [0.5, 0.6) is 5.75 Å². The number of hydrogen-bond acceptors (Lipinski definition) is 4. The molecule has 0 spiro atoms. The Kier molecular flexibility index (Phi) is 5.42. The molecule has 4 aromatic rings. The third kappa shape index (κ3) is 3.99. The fourth-order valence-electron chi connectivity index (χ4n) is 3.72. The zero-order valence-corrected chi connectivity index (χ0v) is 17.9. The molecule has 158 valence electrons. The molecule has 0 aliphatic rings.